The number of hydrogen-bond acceptors (Lipinski definition) is 6. The summed E-state index contributed by atoms with van der Waals surface area (Å²) < 4.78 is 49.8. The monoisotopic (exact) mass is 532 g/mol. The summed E-state index contributed by atoms with van der Waals surface area (Å²) in [6, 6.07) is 10.4. The number of nitrogens with zero attached hydrogens (tertiary/aromatic N) is 3. The Labute approximate surface area is 219 Å². The first-order valence-electron chi connectivity index (χ1n) is 12.9. The maximum Gasteiger partial charge on any atom is 0.416 e. The molecule has 0 aliphatic carbocycles. The Bertz CT molecular complexity index is 1140. The highest BCUT2D eigenvalue weighted by atomic mass is 19.4. The summed E-state index contributed by atoms with van der Waals surface area (Å²) >= 11 is 0. The first-order chi connectivity index (χ1) is 18.2. The number of carbonyl (C=O) groups is 2. The van der Waals surface area contributed by atoms with Crippen LogP contribution in [-0.4, -0.2) is 71.3 Å². The van der Waals surface area contributed by atoms with Gasteiger partial charge >= 0.3 is 12.3 Å². The van der Waals surface area contributed by atoms with Gasteiger partial charge < -0.3 is 14.8 Å². The van der Waals surface area contributed by atoms with Crippen LogP contribution in [-0.2, 0) is 28.7 Å². The van der Waals surface area contributed by atoms with Gasteiger partial charge in [-0.3, -0.25) is 14.6 Å². The van der Waals surface area contributed by atoms with E-state index in [0.29, 0.717) is 57.0 Å². The minimum absolute atomic E-state index is 0.0408. The normalized spacial score (nSPS) is 21.6. The van der Waals surface area contributed by atoms with E-state index in [9.17, 15) is 22.8 Å². The van der Waals surface area contributed by atoms with E-state index in [1.807, 2.05) is 0 Å². The largest absolute Gasteiger partial charge is 0.441 e. The third-order valence-corrected chi connectivity index (χ3v) is 7.40. The van der Waals surface area contributed by atoms with E-state index in [4.69, 9.17) is 9.47 Å². The van der Waals surface area contributed by atoms with E-state index < -0.39 is 23.4 Å². The van der Waals surface area contributed by atoms with E-state index in [-0.39, 0.29) is 18.6 Å². The molecule has 2 amide bonds. The van der Waals surface area contributed by atoms with Crippen molar-refractivity contribution in [3.05, 3.63) is 65.0 Å². The molecular formula is C27H31F3N4O4. The Kier molecular flexibility index (Phi) is 7.58. The first kappa shape index (κ1) is 26.4. The third-order valence-electron chi connectivity index (χ3n) is 7.40. The van der Waals surface area contributed by atoms with Gasteiger partial charge in [-0.15, -0.1) is 0 Å². The van der Waals surface area contributed by atoms with Crippen molar-refractivity contribution in [2.75, 3.05) is 32.8 Å². The van der Waals surface area contributed by atoms with E-state index >= 15 is 0 Å². The molecule has 8 nitrogen and oxygen atoms in total. The summed E-state index contributed by atoms with van der Waals surface area (Å²) in [5.74, 6) is -0.275. The topological polar surface area (TPSA) is 84.0 Å². The molecular weight excluding hydrogens is 501 g/mol. The second-order valence-electron chi connectivity index (χ2n) is 10.2. The molecule has 2 aromatic rings. The second-order valence-corrected chi connectivity index (χ2v) is 10.2. The van der Waals surface area contributed by atoms with Gasteiger partial charge in [0.15, 0.2) is 0 Å². The van der Waals surface area contributed by atoms with Gasteiger partial charge in [0.1, 0.15) is 11.3 Å². The van der Waals surface area contributed by atoms with Crippen molar-refractivity contribution >= 4 is 12.0 Å². The Morgan fingerprint density at radius 2 is 1.87 bits per heavy atom. The van der Waals surface area contributed by atoms with Gasteiger partial charge in [0.25, 0.3) is 5.91 Å². The number of amides is 2. The van der Waals surface area contributed by atoms with Gasteiger partial charge in [-0.2, -0.15) is 13.2 Å². The molecule has 5 rings (SSSR count). The lowest BCUT2D eigenvalue weighted by molar-refractivity contribution is -0.137. The summed E-state index contributed by atoms with van der Waals surface area (Å²) in [4.78, 5) is 33.4. The minimum atomic E-state index is -4.35. The predicted octanol–water partition coefficient (Wildman–Crippen LogP) is 4.00. The number of benzene rings is 1. The molecule has 0 radical (unpaired) electrons. The Morgan fingerprint density at radius 1 is 1.11 bits per heavy atom. The number of rotatable bonds is 7. The molecule has 1 N–H and O–H groups in total. The molecule has 204 valence electrons. The van der Waals surface area contributed by atoms with Gasteiger partial charge in [0, 0.05) is 45.6 Å². The Hall–Kier alpha value is -3.18. The zero-order chi connectivity index (χ0) is 26.8. The number of carbonyl (C=O) groups excluding carboxylic acids is 2. The van der Waals surface area contributed by atoms with Gasteiger partial charge in [0.2, 0.25) is 0 Å². The SMILES string of the molecule is O=C(NCC1CCCO1)c1cccc(CN2CC3(CCN(Cc4ccc(C(F)(F)F)cc4)CC3)OC2=O)n1. The fourth-order valence-electron chi connectivity index (χ4n) is 5.24. The van der Waals surface area contributed by atoms with Crippen LogP contribution in [0.25, 0.3) is 0 Å². The standard InChI is InChI=1S/C27H31F3N4O4/c28-27(29,30)20-8-6-19(7-9-20)16-33-12-10-26(11-13-33)18-34(25(36)38-26)17-21-3-1-5-23(32-21)24(35)31-15-22-4-2-14-37-22/h1,3,5-9,22H,2,4,10-18H2,(H,31,35). The zero-order valence-electron chi connectivity index (χ0n) is 21.0. The number of pyridine rings is 1. The number of likely N-dealkylation sites (tertiary alicyclic amines) is 1. The average molecular weight is 533 g/mol. The van der Waals surface area contributed by atoms with Gasteiger partial charge in [-0.05, 0) is 42.7 Å². The van der Waals surface area contributed by atoms with E-state index in [1.165, 1.54) is 12.1 Å². The van der Waals surface area contributed by atoms with Crippen molar-refractivity contribution in [1.29, 1.82) is 0 Å². The molecule has 11 heteroatoms. The van der Waals surface area contributed by atoms with Crippen LogP contribution in [0.5, 0.6) is 0 Å². The maximum atomic E-state index is 12.8. The van der Waals surface area contributed by atoms with E-state index in [0.717, 1.165) is 37.1 Å². The smallest absolute Gasteiger partial charge is 0.416 e. The number of hydrogen-bond donors (Lipinski definition) is 1. The van der Waals surface area contributed by atoms with Crippen molar-refractivity contribution < 1.29 is 32.2 Å². The Balaban J connectivity index is 1.12. The van der Waals surface area contributed by atoms with Crippen molar-refractivity contribution in [3.63, 3.8) is 0 Å². The lowest BCUT2D eigenvalue weighted by Crippen LogP contribution is -2.46. The summed E-state index contributed by atoms with van der Waals surface area (Å²) in [5.41, 5.74) is 0.452. The van der Waals surface area contributed by atoms with E-state index in [1.54, 1.807) is 23.1 Å². The quantitative estimate of drug-likeness (QED) is 0.581. The zero-order valence-corrected chi connectivity index (χ0v) is 21.0. The van der Waals surface area contributed by atoms with Crippen LogP contribution in [0.2, 0.25) is 0 Å². The van der Waals surface area contributed by atoms with Gasteiger partial charge in [-0.1, -0.05) is 18.2 Å². The molecule has 1 aromatic carbocycles. The minimum Gasteiger partial charge on any atom is -0.441 e. The molecule has 1 spiro atoms. The fraction of sp³-hybridized carbons (Fsp3) is 0.519. The van der Waals surface area contributed by atoms with Crippen molar-refractivity contribution in [2.24, 2.45) is 0 Å². The second kappa shape index (κ2) is 10.9. The number of alkyl halides is 3. The van der Waals surface area contributed by atoms with E-state index in [2.05, 4.69) is 15.2 Å². The first-order valence-corrected chi connectivity index (χ1v) is 12.9. The van der Waals surface area contributed by atoms with Crippen molar-refractivity contribution in [3.8, 4) is 0 Å². The van der Waals surface area contributed by atoms with Gasteiger partial charge in [0.05, 0.1) is 30.5 Å². The highest BCUT2D eigenvalue weighted by Gasteiger charge is 2.47. The van der Waals surface area contributed by atoms with Crippen LogP contribution in [0.4, 0.5) is 18.0 Å². The van der Waals surface area contributed by atoms with Crippen LogP contribution >= 0.6 is 0 Å². The highest BCUT2D eigenvalue weighted by molar-refractivity contribution is 5.92. The van der Waals surface area contributed by atoms with Crippen LogP contribution in [0, 0.1) is 0 Å². The molecule has 38 heavy (non-hydrogen) atoms. The lowest BCUT2D eigenvalue weighted by Gasteiger charge is -2.37. The number of ether oxygens (including phenoxy) is 2. The van der Waals surface area contributed by atoms with Crippen molar-refractivity contribution in [1.82, 2.24) is 20.1 Å². The molecule has 1 atom stereocenters. The summed E-state index contributed by atoms with van der Waals surface area (Å²) in [5, 5.41) is 2.86. The maximum absolute atomic E-state index is 12.8. The molecule has 1 aromatic heterocycles. The Morgan fingerprint density at radius 3 is 2.55 bits per heavy atom. The summed E-state index contributed by atoms with van der Waals surface area (Å²) in [6.45, 7) is 3.71. The number of nitrogens with one attached hydrogen (secondary N) is 1. The molecule has 4 heterocycles. The summed E-state index contributed by atoms with van der Waals surface area (Å²) in [6.07, 6.45) is -1.51. The van der Waals surface area contributed by atoms with Crippen LogP contribution in [0.3, 0.4) is 0 Å². The molecule has 3 saturated heterocycles. The average Bonchev–Trinajstić information content (AvgIpc) is 3.52. The van der Waals surface area contributed by atoms with Crippen molar-refractivity contribution in [2.45, 2.75) is 56.7 Å². The molecule has 0 bridgehead atoms. The third kappa shape index (κ3) is 6.27. The number of halogens is 3. The molecule has 3 aliphatic heterocycles. The number of aromatic nitrogens is 1. The molecule has 3 aliphatic rings. The van der Waals surface area contributed by atoms with Crippen LogP contribution in [0.1, 0.15) is 53.0 Å². The lowest BCUT2D eigenvalue weighted by atomic mass is 9.91. The highest BCUT2D eigenvalue weighted by Crippen LogP contribution is 2.35. The van der Waals surface area contributed by atoms with Crippen LogP contribution in [0.15, 0.2) is 42.5 Å². The molecule has 0 saturated carbocycles. The fourth-order valence-corrected chi connectivity index (χ4v) is 5.24. The molecule has 3 fully saturated rings. The van der Waals surface area contributed by atoms with Crippen LogP contribution < -0.4 is 5.32 Å². The predicted molar refractivity (Wildman–Crippen MR) is 131 cm³/mol. The summed E-state index contributed by atoms with van der Waals surface area (Å²) in [7, 11) is 0. The molecule has 1 unspecified atom stereocenters. The number of piperidine rings is 1. The van der Waals surface area contributed by atoms with Gasteiger partial charge in [-0.25, -0.2) is 9.78 Å².